The Kier molecular flexibility index (Phi) is 6.14. The number of likely N-dealkylation sites (tertiary alicyclic amines) is 1. The summed E-state index contributed by atoms with van der Waals surface area (Å²) >= 11 is 0. The standard InChI is InChI=1S/C27H32N4O/c28-19-20-3-1-4-25(17-20)29-27(32)31-15-10-22(11-16-31)23-8-7-21-9-13-30(26-5-2-6-26)14-12-24(21)18-23/h1,3-4,7-8,17-18,22,26H,2,5-6,9-16H2,(H,29,32). The van der Waals surface area contributed by atoms with Gasteiger partial charge in [-0.15, -0.1) is 0 Å². The highest BCUT2D eigenvalue weighted by atomic mass is 16.2. The number of nitrogens with one attached hydrogen (secondary N) is 1. The molecule has 1 N–H and O–H groups in total. The second-order valence-electron chi connectivity index (χ2n) is 9.53. The maximum Gasteiger partial charge on any atom is 0.321 e. The first-order chi connectivity index (χ1) is 15.7. The number of benzene rings is 2. The Morgan fingerprint density at radius 2 is 1.72 bits per heavy atom. The summed E-state index contributed by atoms with van der Waals surface area (Å²) in [6.07, 6.45) is 8.52. The van der Waals surface area contributed by atoms with Crippen LogP contribution in [0.4, 0.5) is 10.5 Å². The molecule has 1 saturated heterocycles. The molecule has 0 atom stereocenters. The monoisotopic (exact) mass is 428 g/mol. The molecule has 0 spiro atoms. The van der Waals surface area contributed by atoms with Crippen molar-refractivity contribution in [3.05, 3.63) is 64.7 Å². The summed E-state index contributed by atoms with van der Waals surface area (Å²) in [5.41, 5.74) is 5.76. The normalized spacial score (nSPS) is 20.0. The number of hydrogen-bond donors (Lipinski definition) is 1. The van der Waals surface area contributed by atoms with Gasteiger partial charge in [-0.25, -0.2) is 4.79 Å². The van der Waals surface area contributed by atoms with Crippen molar-refractivity contribution in [1.82, 2.24) is 9.80 Å². The molecule has 32 heavy (non-hydrogen) atoms. The minimum Gasteiger partial charge on any atom is -0.324 e. The molecule has 5 heteroatoms. The van der Waals surface area contributed by atoms with Crippen LogP contribution in [0.2, 0.25) is 0 Å². The van der Waals surface area contributed by atoms with Gasteiger partial charge in [-0.2, -0.15) is 5.26 Å². The van der Waals surface area contributed by atoms with Crippen LogP contribution in [-0.2, 0) is 12.8 Å². The molecule has 0 unspecified atom stereocenters. The Balaban J connectivity index is 1.17. The van der Waals surface area contributed by atoms with Gasteiger partial charge in [0, 0.05) is 37.9 Å². The molecule has 5 nitrogen and oxygen atoms in total. The Hall–Kier alpha value is -2.84. The van der Waals surface area contributed by atoms with E-state index in [9.17, 15) is 4.79 Å². The van der Waals surface area contributed by atoms with Gasteiger partial charge in [-0.05, 0) is 79.3 Å². The lowest BCUT2D eigenvalue weighted by molar-refractivity contribution is 0.133. The SMILES string of the molecule is N#Cc1cccc(NC(=O)N2CCC(c3ccc4c(c3)CCN(C3CCC3)CC4)CC2)c1. The van der Waals surface area contributed by atoms with Crippen molar-refractivity contribution in [3.63, 3.8) is 0 Å². The van der Waals surface area contributed by atoms with E-state index in [1.54, 1.807) is 23.8 Å². The largest absolute Gasteiger partial charge is 0.324 e. The lowest BCUT2D eigenvalue weighted by Gasteiger charge is -2.36. The molecule has 2 aliphatic heterocycles. The van der Waals surface area contributed by atoms with Crippen molar-refractivity contribution in [1.29, 1.82) is 5.26 Å². The molecule has 2 amide bonds. The summed E-state index contributed by atoms with van der Waals surface area (Å²) in [5, 5.41) is 12.0. The molecule has 0 bridgehead atoms. The Morgan fingerprint density at radius 3 is 2.44 bits per heavy atom. The first kappa shape index (κ1) is 21.0. The molecule has 2 aromatic rings. The first-order valence-electron chi connectivity index (χ1n) is 12.1. The van der Waals surface area contributed by atoms with Crippen LogP contribution in [0.15, 0.2) is 42.5 Å². The summed E-state index contributed by atoms with van der Waals surface area (Å²) < 4.78 is 0. The Bertz CT molecular complexity index is 1010. The van der Waals surface area contributed by atoms with Crippen LogP contribution in [0.1, 0.15) is 60.3 Å². The van der Waals surface area contributed by atoms with Crippen LogP contribution in [0, 0.1) is 11.3 Å². The van der Waals surface area contributed by atoms with Crippen LogP contribution in [0.5, 0.6) is 0 Å². The van der Waals surface area contributed by atoms with Gasteiger partial charge in [0.1, 0.15) is 0 Å². The highest BCUT2D eigenvalue weighted by Gasteiger charge is 2.28. The Labute approximate surface area is 191 Å². The molecular weight excluding hydrogens is 396 g/mol. The molecule has 166 valence electrons. The summed E-state index contributed by atoms with van der Waals surface area (Å²) in [5.74, 6) is 0.525. The molecule has 3 aliphatic rings. The predicted molar refractivity (Wildman–Crippen MR) is 127 cm³/mol. The molecule has 2 heterocycles. The van der Waals surface area contributed by atoms with E-state index in [4.69, 9.17) is 5.26 Å². The average molecular weight is 429 g/mol. The fourth-order valence-electron chi connectivity index (χ4n) is 5.42. The summed E-state index contributed by atoms with van der Waals surface area (Å²) in [6, 6.07) is 17.1. The number of rotatable bonds is 3. The van der Waals surface area contributed by atoms with Crippen LogP contribution in [-0.4, -0.2) is 48.1 Å². The number of urea groups is 1. The van der Waals surface area contributed by atoms with Crippen molar-refractivity contribution < 1.29 is 4.79 Å². The van der Waals surface area contributed by atoms with Crippen LogP contribution < -0.4 is 5.32 Å². The van der Waals surface area contributed by atoms with Crippen molar-refractivity contribution in [2.75, 3.05) is 31.5 Å². The summed E-state index contributed by atoms with van der Waals surface area (Å²) in [6.45, 7) is 3.94. The quantitative estimate of drug-likeness (QED) is 0.755. The zero-order valence-electron chi connectivity index (χ0n) is 18.7. The fourth-order valence-corrected chi connectivity index (χ4v) is 5.42. The van der Waals surface area contributed by atoms with E-state index in [0.29, 0.717) is 17.2 Å². The zero-order chi connectivity index (χ0) is 21.9. The van der Waals surface area contributed by atoms with E-state index in [-0.39, 0.29) is 6.03 Å². The second kappa shape index (κ2) is 9.34. The third-order valence-electron chi connectivity index (χ3n) is 7.65. The average Bonchev–Trinajstić information content (AvgIpc) is 3.00. The number of carbonyl (C=O) groups excluding carboxylic acids is 1. The molecular formula is C27H32N4O. The first-order valence-corrected chi connectivity index (χ1v) is 12.1. The fraction of sp³-hybridized carbons (Fsp3) is 0.481. The van der Waals surface area contributed by atoms with Crippen molar-refractivity contribution in [2.45, 2.75) is 56.9 Å². The zero-order valence-corrected chi connectivity index (χ0v) is 18.7. The number of piperidine rings is 1. The van der Waals surface area contributed by atoms with Gasteiger partial charge in [-0.3, -0.25) is 4.90 Å². The van der Waals surface area contributed by atoms with E-state index < -0.39 is 0 Å². The molecule has 2 aromatic carbocycles. The number of carbonyl (C=O) groups is 1. The molecule has 2 fully saturated rings. The van der Waals surface area contributed by atoms with E-state index in [0.717, 1.165) is 32.0 Å². The van der Waals surface area contributed by atoms with Gasteiger partial charge in [0.25, 0.3) is 0 Å². The minimum atomic E-state index is -0.0726. The topological polar surface area (TPSA) is 59.4 Å². The van der Waals surface area contributed by atoms with Crippen molar-refractivity contribution in [2.24, 2.45) is 0 Å². The number of hydrogen-bond acceptors (Lipinski definition) is 3. The predicted octanol–water partition coefficient (Wildman–Crippen LogP) is 4.92. The lowest BCUT2D eigenvalue weighted by Crippen LogP contribution is -2.41. The smallest absolute Gasteiger partial charge is 0.321 e. The second-order valence-corrected chi connectivity index (χ2v) is 9.53. The van der Waals surface area contributed by atoms with Gasteiger partial charge < -0.3 is 10.2 Å². The van der Waals surface area contributed by atoms with E-state index in [1.807, 2.05) is 11.0 Å². The van der Waals surface area contributed by atoms with Crippen LogP contribution in [0.3, 0.4) is 0 Å². The van der Waals surface area contributed by atoms with Crippen LogP contribution >= 0.6 is 0 Å². The van der Waals surface area contributed by atoms with Gasteiger partial charge in [0.05, 0.1) is 11.6 Å². The molecule has 0 radical (unpaired) electrons. The summed E-state index contributed by atoms with van der Waals surface area (Å²) in [7, 11) is 0. The van der Waals surface area contributed by atoms with Gasteiger partial charge >= 0.3 is 6.03 Å². The van der Waals surface area contributed by atoms with Crippen molar-refractivity contribution >= 4 is 11.7 Å². The molecule has 1 aliphatic carbocycles. The molecule has 1 saturated carbocycles. The number of nitrogens with zero attached hydrogens (tertiary/aromatic N) is 3. The third-order valence-corrected chi connectivity index (χ3v) is 7.65. The highest BCUT2D eigenvalue weighted by Crippen LogP contribution is 2.32. The van der Waals surface area contributed by atoms with Gasteiger partial charge in [0.2, 0.25) is 0 Å². The van der Waals surface area contributed by atoms with Crippen molar-refractivity contribution in [3.8, 4) is 6.07 Å². The number of fused-ring (bicyclic) bond motifs is 1. The summed E-state index contributed by atoms with van der Waals surface area (Å²) in [4.78, 5) is 17.3. The third kappa shape index (κ3) is 4.52. The molecule has 5 rings (SSSR count). The van der Waals surface area contributed by atoms with Crippen LogP contribution in [0.25, 0.3) is 0 Å². The number of nitriles is 1. The molecule has 0 aromatic heterocycles. The van der Waals surface area contributed by atoms with E-state index in [2.05, 4.69) is 34.5 Å². The lowest BCUT2D eigenvalue weighted by atomic mass is 9.87. The maximum absolute atomic E-state index is 12.7. The number of anilines is 1. The van der Waals surface area contributed by atoms with E-state index in [1.165, 1.54) is 56.3 Å². The minimum absolute atomic E-state index is 0.0726. The maximum atomic E-state index is 12.7. The van der Waals surface area contributed by atoms with Gasteiger partial charge in [-0.1, -0.05) is 30.7 Å². The highest BCUT2D eigenvalue weighted by molar-refractivity contribution is 5.89. The van der Waals surface area contributed by atoms with Gasteiger partial charge in [0.15, 0.2) is 0 Å². The Morgan fingerprint density at radius 1 is 0.938 bits per heavy atom. The number of amides is 2. The van der Waals surface area contributed by atoms with E-state index >= 15 is 0 Å².